The number of rotatable bonds is 8. The molecule has 0 aromatic heterocycles. The van der Waals surface area contributed by atoms with Crippen LogP contribution in [0.2, 0.25) is 5.02 Å². The van der Waals surface area contributed by atoms with E-state index in [1.807, 2.05) is 0 Å². The first-order valence-corrected chi connectivity index (χ1v) is 13.2. The van der Waals surface area contributed by atoms with E-state index in [0.717, 1.165) is 24.3 Å². The largest absolute Gasteiger partial charge is 0.491 e. The first kappa shape index (κ1) is 27.1. The van der Waals surface area contributed by atoms with Crippen molar-refractivity contribution < 1.29 is 38.4 Å². The highest BCUT2D eigenvalue weighted by atomic mass is 35.5. The fourth-order valence-corrected chi connectivity index (χ4v) is 3.73. The Balaban J connectivity index is 0.000000703. The van der Waals surface area contributed by atoms with Crippen LogP contribution in [0.4, 0.5) is 9.57 Å². The van der Waals surface area contributed by atoms with Crippen molar-refractivity contribution in [2.45, 2.75) is 16.7 Å². The number of nitrogens with two attached hydrogens (primary N) is 1. The van der Waals surface area contributed by atoms with Crippen molar-refractivity contribution in [2.24, 2.45) is 0 Å². The summed E-state index contributed by atoms with van der Waals surface area (Å²) in [6.07, 6.45) is 0. The van der Waals surface area contributed by atoms with E-state index in [1.54, 1.807) is 12.1 Å². The van der Waals surface area contributed by atoms with E-state index in [1.165, 1.54) is 13.0 Å². The predicted molar refractivity (Wildman–Crippen MR) is 113 cm³/mol. The lowest BCUT2D eigenvalue weighted by molar-refractivity contribution is 0.323. The highest BCUT2D eigenvalue weighted by Crippen LogP contribution is 2.26. The Kier molecular flexibility index (Phi) is 9.66. The predicted octanol–water partition coefficient (Wildman–Crippen LogP) is 1.83. The number of ether oxygens (including phenoxy) is 1. The molecule has 0 radical (unpaired) electrons. The lowest BCUT2D eigenvalue weighted by atomic mass is 10.3. The van der Waals surface area contributed by atoms with Crippen molar-refractivity contribution in [3.63, 3.8) is 0 Å². The SMILES string of the molecule is CCS(=O)(=O)O.Nc1ccc(OCCNS(=O)(=O)c2cccc(S(=O)(=O)F)c2)c(Cl)c1. The van der Waals surface area contributed by atoms with Crippen molar-refractivity contribution in [1.29, 1.82) is 0 Å². The minimum absolute atomic E-state index is 0.0377. The van der Waals surface area contributed by atoms with Gasteiger partial charge in [-0.1, -0.05) is 17.7 Å². The molecule has 0 amide bonds. The molecule has 0 fully saturated rings. The molecule has 2 rings (SSSR count). The van der Waals surface area contributed by atoms with Crippen LogP contribution in [-0.2, 0) is 30.4 Å². The van der Waals surface area contributed by atoms with Crippen molar-refractivity contribution >= 4 is 47.7 Å². The molecule has 2 aromatic carbocycles. The fourth-order valence-electron chi connectivity index (χ4n) is 1.85. The van der Waals surface area contributed by atoms with Gasteiger partial charge in [0, 0.05) is 12.2 Å². The summed E-state index contributed by atoms with van der Waals surface area (Å²) < 4.78 is 93.4. The third kappa shape index (κ3) is 9.80. The van der Waals surface area contributed by atoms with Gasteiger partial charge in [-0.15, -0.1) is 3.89 Å². The fraction of sp³-hybridized carbons (Fsp3) is 0.250. The summed E-state index contributed by atoms with van der Waals surface area (Å²) in [6.45, 7) is 1.22. The van der Waals surface area contributed by atoms with Crippen LogP contribution in [0.15, 0.2) is 52.3 Å². The normalized spacial score (nSPS) is 12.0. The monoisotopic (exact) mass is 518 g/mol. The average Bonchev–Trinajstić information content (AvgIpc) is 2.66. The zero-order valence-corrected chi connectivity index (χ0v) is 19.2. The zero-order chi connectivity index (χ0) is 23.9. The van der Waals surface area contributed by atoms with E-state index in [4.69, 9.17) is 26.6 Å². The van der Waals surface area contributed by atoms with Gasteiger partial charge in [0.05, 0.1) is 20.6 Å². The van der Waals surface area contributed by atoms with Crippen molar-refractivity contribution in [3.8, 4) is 5.75 Å². The van der Waals surface area contributed by atoms with Gasteiger partial charge in [-0.25, -0.2) is 13.1 Å². The van der Waals surface area contributed by atoms with Crippen LogP contribution in [0.25, 0.3) is 0 Å². The quantitative estimate of drug-likeness (QED) is 0.204. The highest BCUT2D eigenvalue weighted by molar-refractivity contribution is 7.89. The molecule has 0 bridgehead atoms. The van der Waals surface area contributed by atoms with Gasteiger partial charge in [-0.3, -0.25) is 4.55 Å². The second-order valence-corrected chi connectivity index (χ2v) is 11.0. The molecule has 0 aliphatic carbocycles. The van der Waals surface area contributed by atoms with Crippen LogP contribution in [0.5, 0.6) is 5.75 Å². The molecule has 0 atom stereocenters. The third-order valence-electron chi connectivity index (χ3n) is 3.37. The maximum atomic E-state index is 13.0. The van der Waals surface area contributed by atoms with E-state index >= 15 is 0 Å². The number of nitrogens with one attached hydrogen (secondary N) is 1. The smallest absolute Gasteiger partial charge is 0.332 e. The summed E-state index contributed by atoms with van der Waals surface area (Å²) >= 11 is 5.92. The summed E-state index contributed by atoms with van der Waals surface area (Å²) in [6, 6.07) is 8.58. The van der Waals surface area contributed by atoms with Crippen LogP contribution in [0.3, 0.4) is 0 Å². The molecule has 0 aliphatic rings. The molecular weight excluding hydrogens is 499 g/mol. The van der Waals surface area contributed by atoms with Gasteiger partial charge in [0.1, 0.15) is 12.4 Å². The molecule has 0 unspecified atom stereocenters. The topological polar surface area (TPSA) is 170 Å². The third-order valence-corrected chi connectivity index (χ3v) is 6.67. The van der Waals surface area contributed by atoms with Gasteiger partial charge in [0.15, 0.2) is 0 Å². The van der Waals surface area contributed by atoms with E-state index < -0.39 is 35.3 Å². The van der Waals surface area contributed by atoms with E-state index in [0.29, 0.717) is 11.4 Å². The Hall–Kier alpha value is -1.97. The van der Waals surface area contributed by atoms with E-state index in [9.17, 15) is 29.1 Å². The second-order valence-electron chi connectivity index (χ2n) is 5.72. The van der Waals surface area contributed by atoms with Crippen molar-refractivity contribution in [2.75, 3.05) is 24.6 Å². The minimum atomic E-state index is -5.00. The molecule has 0 saturated carbocycles. The summed E-state index contributed by atoms with van der Waals surface area (Å²) in [5.74, 6) is 0.132. The number of sulfonamides is 1. The molecule has 15 heteroatoms. The molecular formula is C16H20ClFN2O8S3. The highest BCUT2D eigenvalue weighted by Gasteiger charge is 2.18. The molecule has 4 N–H and O–H groups in total. The van der Waals surface area contributed by atoms with Gasteiger partial charge in [0.2, 0.25) is 10.0 Å². The molecule has 0 saturated heterocycles. The van der Waals surface area contributed by atoms with Crippen molar-refractivity contribution in [3.05, 3.63) is 47.5 Å². The summed E-state index contributed by atoms with van der Waals surface area (Å²) in [5.41, 5.74) is 6.00. The van der Waals surface area contributed by atoms with Crippen LogP contribution in [-0.4, -0.2) is 48.7 Å². The number of hydrogen-bond donors (Lipinski definition) is 3. The molecule has 0 aliphatic heterocycles. The maximum Gasteiger partial charge on any atom is 0.332 e. The standard InChI is InChI=1S/C14H14ClFN2O5S2.C2H6O3S/c15-13-8-10(17)4-5-14(13)23-7-6-18-25(21,22)12-3-1-2-11(9-12)24(16,19)20;1-2-6(3,4)5/h1-5,8-9,18H,6-7,17H2;2H2,1H3,(H,3,4,5). The first-order valence-electron chi connectivity index (χ1n) is 8.33. The van der Waals surface area contributed by atoms with Gasteiger partial charge in [-0.2, -0.15) is 16.8 Å². The number of nitrogen functional groups attached to an aromatic ring is 1. The van der Waals surface area contributed by atoms with Gasteiger partial charge in [-0.05, 0) is 43.3 Å². The van der Waals surface area contributed by atoms with Crippen molar-refractivity contribution in [1.82, 2.24) is 4.72 Å². The van der Waals surface area contributed by atoms with Gasteiger partial charge < -0.3 is 10.5 Å². The number of anilines is 1. The Morgan fingerprint density at radius 2 is 1.65 bits per heavy atom. The molecule has 31 heavy (non-hydrogen) atoms. The average molecular weight is 519 g/mol. The van der Waals surface area contributed by atoms with E-state index in [-0.39, 0.29) is 28.8 Å². The number of halogens is 2. The molecule has 10 nitrogen and oxygen atoms in total. The lowest BCUT2D eigenvalue weighted by Gasteiger charge is -2.10. The number of hydrogen-bond acceptors (Lipinski definition) is 8. The summed E-state index contributed by atoms with van der Waals surface area (Å²) in [7, 11) is -12.7. The Morgan fingerprint density at radius 3 is 2.16 bits per heavy atom. The Morgan fingerprint density at radius 1 is 1.06 bits per heavy atom. The molecule has 0 spiro atoms. The first-order chi connectivity index (χ1) is 14.2. The molecule has 174 valence electrons. The van der Waals surface area contributed by atoms with Crippen LogP contribution < -0.4 is 15.2 Å². The van der Waals surface area contributed by atoms with Crippen LogP contribution in [0, 0.1) is 0 Å². The second kappa shape index (κ2) is 11.1. The molecule has 2 aromatic rings. The Bertz CT molecular complexity index is 1220. The van der Waals surface area contributed by atoms with Gasteiger partial charge in [0.25, 0.3) is 10.1 Å². The Labute approximate surface area is 185 Å². The van der Waals surface area contributed by atoms with Crippen LogP contribution in [0.1, 0.15) is 6.92 Å². The summed E-state index contributed by atoms with van der Waals surface area (Å²) in [5, 5.41) is 0.281. The van der Waals surface area contributed by atoms with Gasteiger partial charge >= 0.3 is 10.2 Å². The van der Waals surface area contributed by atoms with E-state index in [2.05, 4.69) is 4.72 Å². The number of benzene rings is 2. The van der Waals surface area contributed by atoms with Crippen LogP contribution >= 0.6 is 11.6 Å². The maximum absolute atomic E-state index is 13.0. The summed E-state index contributed by atoms with van der Waals surface area (Å²) in [4.78, 5) is -1.11. The molecule has 0 heterocycles. The minimum Gasteiger partial charge on any atom is -0.491 e. The zero-order valence-electron chi connectivity index (χ0n) is 16.0. The lowest BCUT2D eigenvalue weighted by Crippen LogP contribution is -2.28.